The third-order valence-corrected chi connectivity index (χ3v) is 3.98. The first kappa shape index (κ1) is 15.6. The summed E-state index contributed by atoms with van der Waals surface area (Å²) in [6, 6.07) is 13.6. The third kappa shape index (κ3) is 2.69. The van der Waals surface area contributed by atoms with Gasteiger partial charge in [0.2, 0.25) is 5.91 Å². The molecule has 0 fully saturated rings. The molecule has 0 spiro atoms. The number of nitrogens with two attached hydrogens (primary N) is 1. The summed E-state index contributed by atoms with van der Waals surface area (Å²) < 4.78 is 0. The Bertz CT molecular complexity index is 1100. The van der Waals surface area contributed by atoms with Crippen LogP contribution in [0.2, 0.25) is 0 Å². The molecule has 0 aliphatic rings. The van der Waals surface area contributed by atoms with Gasteiger partial charge in [-0.2, -0.15) is 0 Å². The van der Waals surface area contributed by atoms with Gasteiger partial charge in [0.15, 0.2) is 5.65 Å². The number of hydrogen-bond acceptors (Lipinski definition) is 6. The lowest BCUT2D eigenvalue weighted by molar-refractivity contribution is 0.100. The zero-order chi connectivity index (χ0) is 18.1. The molecule has 4 rings (SSSR count). The minimum absolute atomic E-state index is 0.179. The molecular weight excluding hydrogens is 332 g/mol. The van der Waals surface area contributed by atoms with Crippen molar-refractivity contribution in [2.75, 3.05) is 5.32 Å². The number of hydrogen-bond donors (Lipinski definition) is 4. The lowest BCUT2D eigenvalue weighted by Crippen LogP contribution is -2.12. The van der Waals surface area contributed by atoms with Crippen LogP contribution in [0.5, 0.6) is 5.75 Å². The van der Waals surface area contributed by atoms with Crippen molar-refractivity contribution in [3.63, 3.8) is 0 Å². The number of aromatic amines is 1. The lowest BCUT2D eigenvalue weighted by atomic mass is 10.0. The summed E-state index contributed by atoms with van der Waals surface area (Å²) in [5, 5.41) is 25.3. The number of nitrogens with zero attached hydrogens (tertiary/aromatic N) is 3. The molecule has 0 unspecified atom stereocenters. The molecule has 4 aromatic rings. The average Bonchev–Trinajstić information content (AvgIpc) is 3.06. The summed E-state index contributed by atoms with van der Waals surface area (Å²) in [7, 11) is 0. The van der Waals surface area contributed by atoms with Crippen molar-refractivity contribution in [3.05, 3.63) is 60.3 Å². The fourth-order valence-corrected chi connectivity index (χ4v) is 2.78. The van der Waals surface area contributed by atoms with Crippen LogP contribution in [0.15, 0.2) is 54.7 Å². The van der Waals surface area contributed by atoms with E-state index < -0.39 is 5.91 Å². The van der Waals surface area contributed by atoms with Gasteiger partial charge in [-0.25, -0.2) is 0 Å². The van der Waals surface area contributed by atoms with Gasteiger partial charge in [0.1, 0.15) is 11.4 Å². The first-order valence-corrected chi connectivity index (χ1v) is 7.79. The molecule has 128 valence electrons. The average molecular weight is 346 g/mol. The van der Waals surface area contributed by atoms with Crippen molar-refractivity contribution in [1.29, 1.82) is 0 Å². The van der Waals surface area contributed by atoms with Crippen LogP contribution >= 0.6 is 0 Å². The molecule has 26 heavy (non-hydrogen) atoms. The molecule has 2 aromatic carbocycles. The number of carbonyl (C=O) groups excluding carboxylic acids is 1. The van der Waals surface area contributed by atoms with E-state index >= 15 is 0 Å². The van der Waals surface area contributed by atoms with Crippen molar-refractivity contribution >= 4 is 28.3 Å². The number of H-pyrrole nitrogens is 1. The van der Waals surface area contributed by atoms with E-state index in [-0.39, 0.29) is 5.75 Å². The van der Waals surface area contributed by atoms with Crippen LogP contribution in [0.3, 0.4) is 0 Å². The number of amides is 1. The van der Waals surface area contributed by atoms with Crippen LogP contribution in [-0.4, -0.2) is 31.4 Å². The number of aromatic nitrogens is 4. The van der Waals surface area contributed by atoms with Crippen LogP contribution in [0, 0.1) is 0 Å². The van der Waals surface area contributed by atoms with Crippen molar-refractivity contribution in [2.45, 2.75) is 0 Å². The molecule has 5 N–H and O–H groups in total. The molecule has 8 nitrogen and oxygen atoms in total. The summed E-state index contributed by atoms with van der Waals surface area (Å²) in [6.07, 6.45) is 1.74. The number of aromatic hydroxyl groups is 1. The predicted octanol–water partition coefficient (Wildman–Crippen LogP) is 2.57. The molecule has 1 amide bonds. The Morgan fingerprint density at radius 2 is 1.85 bits per heavy atom. The van der Waals surface area contributed by atoms with E-state index in [9.17, 15) is 9.90 Å². The Kier molecular flexibility index (Phi) is 3.70. The Labute approximate surface area is 147 Å². The van der Waals surface area contributed by atoms with Gasteiger partial charge in [0.25, 0.3) is 0 Å². The van der Waals surface area contributed by atoms with Gasteiger partial charge >= 0.3 is 0 Å². The first-order chi connectivity index (χ1) is 12.6. The van der Waals surface area contributed by atoms with Gasteiger partial charge in [-0.3, -0.25) is 4.79 Å². The molecule has 0 saturated carbocycles. The summed E-state index contributed by atoms with van der Waals surface area (Å²) in [5.74, 6) is -0.367. The quantitative estimate of drug-likeness (QED) is 0.420. The van der Waals surface area contributed by atoms with Crippen molar-refractivity contribution in [2.24, 2.45) is 5.73 Å². The second-order valence-corrected chi connectivity index (χ2v) is 5.65. The standard InChI is InChI=1S/C18H14N6O2/c19-17(26)13-4-2-1-3-12(13)16-15-14(9-20-18(15)23-24-22-16)21-10-5-7-11(25)8-6-10/h1-9,21,25H,(H2,19,26)(H,20,22,23). The Morgan fingerprint density at radius 3 is 2.62 bits per heavy atom. The second kappa shape index (κ2) is 6.17. The summed E-state index contributed by atoms with van der Waals surface area (Å²) in [4.78, 5) is 14.8. The normalized spacial score (nSPS) is 10.8. The highest BCUT2D eigenvalue weighted by molar-refractivity contribution is 6.07. The molecular formula is C18H14N6O2. The van der Waals surface area contributed by atoms with Gasteiger partial charge in [0, 0.05) is 23.0 Å². The molecule has 0 saturated heterocycles. The topological polar surface area (TPSA) is 130 Å². The Balaban J connectivity index is 1.88. The van der Waals surface area contributed by atoms with Gasteiger partial charge in [-0.1, -0.05) is 18.2 Å². The number of anilines is 2. The highest BCUT2D eigenvalue weighted by Crippen LogP contribution is 2.34. The lowest BCUT2D eigenvalue weighted by Gasteiger charge is -2.09. The number of carbonyl (C=O) groups is 1. The van der Waals surface area contributed by atoms with Crippen LogP contribution < -0.4 is 11.1 Å². The van der Waals surface area contributed by atoms with E-state index in [1.165, 1.54) is 0 Å². The maximum absolute atomic E-state index is 11.8. The fourth-order valence-electron chi connectivity index (χ4n) is 2.78. The minimum Gasteiger partial charge on any atom is -0.508 e. The number of fused-ring (bicyclic) bond motifs is 1. The van der Waals surface area contributed by atoms with Crippen molar-refractivity contribution in [1.82, 2.24) is 20.4 Å². The number of benzene rings is 2. The van der Waals surface area contributed by atoms with Crippen LogP contribution in [0.4, 0.5) is 11.4 Å². The van der Waals surface area contributed by atoms with Crippen LogP contribution in [0.25, 0.3) is 22.3 Å². The van der Waals surface area contributed by atoms with E-state index in [4.69, 9.17) is 5.73 Å². The summed E-state index contributed by atoms with van der Waals surface area (Å²) in [6.45, 7) is 0. The van der Waals surface area contributed by atoms with Crippen molar-refractivity contribution in [3.8, 4) is 17.0 Å². The molecule has 2 aromatic heterocycles. The molecule has 0 radical (unpaired) electrons. The maximum Gasteiger partial charge on any atom is 0.249 e. The first-order valence-electron chi connectivity index (χ1n) is 7.79. The van der Waals surface area contributed by atoms with Crippen molar-refractivity contribution < 1.29 is 9.90 Å². The van der Waals surface area contributed by atoms with Crippen LogP contribution in [-0.2, 0) is 0 Å². The second-order valence-electron chi connectivity index (χ2n) is 5.65. The highest BCUT2D eigenvalue weighted by Gasteiger charge is 2.18. The monoisotopic (exact) mass is 346 g/mol. The number of nitrogens with one attached hydrogen (secondary N) is 2. The van der Waals surface area contributed by atoms with Crippen LogP contribution in [0.1, 0.15) is 10.4 Å². The van der Waals surface area contributed by atoms with Gasteiger partial charge < -0.3 is 21.1 Å². The van der Waals surface area contributed by atoms with E-state index in [1.54, 1.807) is 54.7 Å². The Morgan fingerprint density at radius 1 is 1.08 bits per heavy atom. The smallest absolute Gasteiger partial charge is 0.249 e. The third-order valence-electron chi connectivity index (χ3n) is 3.98. The molecule has 2 heterocycles. The number of rotatable bonds is 4. The summed E-state index contributed by atoms with van der Waals surface area (Å²) >= 11 is 0. The zero-order valence-electron chi connectivity index (χ0n) is 13.5. The van der Waals surface area contributed by atoms with E-state index in [0.717, 1.165) is 5.69 Å². The number of phenols is 1. The largest absolute Gasteiger partial charge is 0.508 e. The SMILES string of the molecule is NC(=O)c1ccccc1-c1nnnc2[nH]cc(Nc3ccc(O)cc3)c12. The minimum atomic E-state index is -0.545. The molecule has 0 aliphatic carbocycles. The van der Waals surface area contributed by atoms with E-state index in [0.29, 0.717) is 33.5 Å². The Hall–Kier alpha value is -3.94. The van der Waals surface area contributed by atoms with E-state index in [1.807, 2.05) is 0 Å². The molecule has 8 heteroatoms. The van der Waals surface area contributed by atoms with E-state index in [2.05, 4.69) is 25.7 Å². The molecule has 0 bridgehead atoms. The van der Waals surface area contributed by atoms with Gasteiger partial charge in [-0.05, 0) is 35.5 Å². The van der Waals surface area contributed by atoms with Gasteiger partial charge in [0.05, 0.1) is 11.1 Å². The predicted molar refractivity (Wildman–Crippen MR) is 97.0 cm³/mol. The molecule has 0 aliphatic heterocycles. The van der Waals surface area contributed by atoms with Gasteiger partial charge in [-0.15, -0.1) is 10.2 Å². The fraction of sp³-hybridized carbons (Fsp3) is 0. The zero-order valence-corrected chi connectivity index (χ0v) is 13.5. The maximum atomic E-state index is 11.8. The number of phenolic OH excluding ortho intramolecular Hbond substituents is 1. The number of primary amides is 1. The highest BCUT2D eigenvalue weighted by atomic mass is 16.3. The summed E-state index contributed by atoms with van der Waals surface area (Å²) in [5.41, 5.74) is 8.93. The molecule has 0 atom stereocenters.